The number of hydrogen-bond donors (Lipinski definition) is 2. The number of piperidine rings is 1. The van der Waals surface area contributed by atoms with Crippen LogP contribution in [0.1, 0.15) is 24.0 Å². The first kappa shape index (κ1) is 16.1. The van der Waals surface area contributed by atoms with E-state index in [1.54, 1.807) is 0 Å². The molecule has 2 aromatic rings. The summed E-state index contributed by atoms with van der Waals surface area (Å²) in [7, 11) is 2.05. The van der Waals surface area contributed by atoms with Crippen molar-refractivity contribution < 1.29 is 5.11 Å². The Balaban J connectivity index is 1.47. The van der Waals surface area contributed by atoms with E-state index in [0.29, 0.717) is 12.5 Å². The highest BCUT2D eigenvalue weighted by Gasteiger charge is 2.18. The average Bonchev–Trinajstić information content (AvgIpc) is 3.01. The van der Waals surface area contributed by atoms with Crippen molar-refractivity contribution in [1.29, 1.82) is 0 Å². The van der Waals surface area contributed by atoms with Crippen molar-refractivity contribution in [2.75, 3.05) is 24.6 Å². The van der Waals surface area contributed by atoms with Gasteiger partial charge in [0.2, 0.25) is 0 Å². The standard InChI is InChI=1S/C19H27N3O/c1-21-9-6-18(14-21)13-20-12-16-2-4-19(5-3-16)22-10-7-17(15-23)8-11-22/h2-6,9,14,17,20,23H,7-8,10-13,15H2,1H3. The van der Waals surface area contributed by atoms with Crippen LogP contribution in [0.2, 0.25) is 0 Å². The molecule has 0 unspecified atom stereocenters. The monoisotopic (exact) mass is 313 g/mol. The molecule has 1 aliphatic heterocycles. The van der Waals surface area contributed by atoms with Crippen molar-refractivity contribution in [3.05, 3.63) is 53.9 Å². The first-order valence-electron chi connectivity index (χ1n) is 8.51. The first-order valence-corrected chi connectivity index (χ1v) is 8.51. The summed E-state index contributed by atoms with van der Waals surface area (Å²) in [5.41, 5.74) is 3.93. The Bertz CT molecular complexity index is 597. The number of benzene rings is 1. The maximum absolute atomic E-state index is 9.22. The van der Waals surface area contributed by atoms with E-state index in [2.05, 4.69) is 57.5 Å². The average molecular weight is 313 g/mol. The van der Waals surface area contributed by atoms with E-state index < -0.39 is 0 Å². The molecule has 0 aliphatic carbocycles. The van der Waals surface area contributed by atoms with Crippen LogP contribution in [0.5, 0.6) is 0 Å². The predicted molar refractivity (Wildman–Crippen MR) is 94.4 cm³/mol. The van der Waals surface area contributed by atoms with E-state index in [1.807, 2.05) is 7.05 Å². The summed E-state index contributed by atoms with van der Waals surface area (Å²) in [5.74, 6) is 0.493. The van der Waals surface area contributed by atoms with Crippen LogP contribution in [0.4, 0.5) is 5.69 Å². The minimum Gasteiger partial charge on any atom is -0.396 e. The molecule has 1 fully saturated rings. The molecule has 23 heavy (non-hydrogen) atoms. The lowest BCUT2D eigenvalue weighted by Crippen LogP contribution is -2.34. The molecule has 1 aliphatic rings. The highest BCUT2D eigenvalue weighted by molar-refractivity contribution is 5.48. The van der Waals surface area contributed by atoms with Crippen LogP contribution in [0.25, 0.3) is 0 Å². The molecular weight excluding hydrogens is 286 g/mol. The molecule has 0 amide bonds. The maximum Gasteiger partial charge on any atom is 0.0460 e. The molecule has 2 N–H and O–H groups in total. The largest absolute Gasteiger partial charge is 0.396 e. The quantitative estimate of drug-likeness (QED) is 0.861. The van der Waals surface area contributed by atoms with Crippen LogP contribution < -0.4 is 10.2 Å². The molecule has 1 aromatic carbocycles. The van der Waals surface area contributed by atoms with Crippen molar-refractivity contribution in [2.45, 2.75) is 25.9 Å². The van der Waals surface area contributed by atoms with Crippen LogP contribution >= 0.6 is 0 Å². The van der Waals surface area contributed by atoms with Gasteiger partial charge in [0.1, 0.15) is 0 Å². The van der Waals surface area contributed by atoms with Gasteiger partial charge in [0.15, 0.2) is 0 Å². The molecule has 1 aromatic heterocycles. The Morgan fingerprint density at radius 3 is 2.35 bits per heavy atom. The van der Waals surface area contributed by atoms with Gasteiger partial charge < -0.3 is 19.9 Å². The summed E-state index contributed by atoms with van der Waals surface area (Å²) in [5, 5.41) is 12.7. The number of hydrogen-bond acceptors (Lipinski definition) is 3. The molecule has 0 saturated carbocycles. The van der Waals surface area contributed by atoms with Gasteiger partial charge in [0, 0.05) is 57.9 Å². The summed E-state index contributed by atoms with van der Waals surface area (Å²) in [6.07, 6.45) is 6.41. The van der Waals surface area contributed by atoms with Crippen LogP contribution in [0, 0.1) is 5.92 Å². The topological polar surface area (TPSA) is 40.4 Å². The van der Waals surface area contributed by atoms with E-state index in [4.69, 9.17) is 0 Å². The normalized spacial score (nSPS) is 16.0. The number of aromatic nitrogens is 1. The van der Waals surface area contributed by atoms with Crippen molar-refractivity contribution >= 4 is 5.69 Å². The summed E-state index contributed by atoms with van der Waals surface area (Å²) >= 11 is 0. The van der Waals surface area contributed by atoms with Gasteiger partial charge in [-0.15, -0.1) is 0 Å². The predicted octanol–water partition coefficient (Wildman–Crippen LogP) is 2.52. The number of aryl methyl sites for hydroxylation is 1. The SMILES string of the molecule is Cn1ccc(CNCc2ccc(N3CCC(CO)CC3)cc2)c1. The van der Waals surface area contributed by atoms with Gasteiger partial charge in [0.05, 0.1) is 0 Å². The van der Waals surface area contributed by atoms with Gasteiger partial charge in [-0.2, -0.15) is 0 Å². The zero-order valence-corrected chi connectivity index (χ0v) is 13.9. The second kappa shape index (κ2) is 7.66. The van der Waals surface area contributed by atoms with Gasteiger partial charge in [-0.05, 0) is 48.1 Å². The second-order valence-corrected chi connectivity index (χ2v) is 6.57. The molecule has 4 nitrogen and oxygen atoms in total. The fourth-order valence-corrected chi connectivity index (χ4v) is 3.22. The highest BCUT2D eigenvalue weighted by Crippen LogP contribution is 2.23. The summed E-state index contributed by atoms with van der Waals surface area (Å²) in [6, 6.07) is 11.0. The first-order chi connectivity index (χ1) is 11.2. The Morgan fingerprint density at radius 2 is 1.74 bits per heavy atom. The number of nitrogens with one attached hydrogen (secondary N) is 1. The lowest BCUT2D eigenvalue weighted by molar-refractivity contribution is 0.203. The van der Waals surface area contributed by atoms with E-state index >= 15 is 0 Å². The third-order valence-electron chi connectivity index (χ3n) is 4.73. The zero-order chi connectivity index (χ0) is 16.1. The fraction of sp³-hybridized carbons (Fsp3) is 0.474. The third-order valence-corrected chi connectivity index (χ3v) is 4.73. The van der Waals surface area contributed by atoms with Gasteiger partial charge in [0.25, 0.3) is 0 Å². The Morgan fingerprint density at radius 1 is 1.04 bits per heavy atom. The number of nitrogens with zero attached hydrogens (tertiary/aromatic N) is 2. The van der Waals surface area contributed by atoms with Crippen molar-refractivity contribution in [3.63, 3.8) is 0 Å². The molecule has 2 heterocycles. The minimum absolute atomic E-state index is 0.333. The van der Waals surface area contributed by atoms with E-state index in [1.165, 1.54) is 16.8 Å². The minimum atomic E-state index is 0.333. The Labute approximate surface area is 138 Å². The molecule has 0 atom stereocenters. The molecule has 1 saturated heterocycles. The summed E-state index contributed by atoms with van der Waals surface area (Å²) < 4.78 is 2.08. The highest BCUT2D eigenvalue weighted by atomic mass is 16.3. The molecule has 0 spiro atoms. The third kappa shape index (κ3) is 4.36. The van der Waals surface area contributed by atoms with E-state index in [0.717, 1.165) is 39.0 Å². The Kier molecular flexibility index (Phi) is 5.36. The number of rotatable bonds is 6. The molecule has 124 valence electrons. The lowest BCUT2D eigenvalue weighted by Gasteiger charge is -2.33. The maximum atomic E-state index is 9.22. The lowest BCUT2D eigenvalue weighted by atomic mass is 9.97. The van der Waals surface area contributed by atoms with Crippen LogP contribution in [0.15, 0.2) is 42.7 Å². The molecule has 4 heteroatoms. The fourth-order valence-electron chi connectivity index (χ4n) is 3.22. The smallest absolute Gasteiger partial charge is 0.0460 e. The van der Waals surface area contributed by atoms with Gasteiger partial charge in [-0.25, -0.2) is 0 Å². The second-order valence-electron chi connectivity index (χ2n) is 6.57. The zero-order valence-electron chi connectivity index (χ0n) is 13.9. The van der Waals surface area contributed by atoms with Gasteiger partial charge >= 0.3 is 0 Å². The van der Waals surface area contributed by atoms with E-state index in [9.17, 15) is 5.11 Å². The van der Waals surface area contributed by atoms with Crippen molar-refractivity contribution in [2.24, 2.45) is 13.0 Å². The van der Waals surface area contributed by atoms with Crippen LogP contribution in [0.3, 0.4) is 0 Å². The number of aliphatic hydroxyl groups excluding tert-OH is 1. The molecule has 0 radical (unpaired) electrons. The van der Waals surface area contributed by atoms with Crippen molar-refractivity contribution in [1.82, 2.24) is 9.88 Å². The number of aliphatic hydroxyl groups is 1. The van der Waals surface area contributed by atoms with Gasteiger partial charge in [-0.1, -0.05) is 12.1 Å². The van der Waals surface area contributed by atoms with Crippen molar-refractivity contribution in [3.8, 4) is 0 Å². The Hall–Kier alpha value is -1.78. The van der Waals surface area contributed by atoms with E-state index in [-0.39, 0.29) is 0 Å². The van der Waals surface area contributed by atoms with Crippen LogP contribution in [-0.4, -0.2) is 29.4 Å². The molecule has 3 rings (SSSR count). The molecule has 0 bridgehead atoms. The van der Waals surface area contributed by atoms with Crippen LogP contribution in [-0.2, 0) is 20.1 Å². The number of anilines is 1. The summed E-state index contributed by atoms with van der Waals surface area (Å²) in [6.45, 7) is 4.23. The van der Waals surface area contributed by atoms with Gasteiger partial charge in [-0.3, -0.25) is 0 Å². The summed E-state index contributed by atoms with van der Waals surface area (Å²) in [4.78, 5) is 2.42. The molecular formula is C19H27N3O.